The van der Waals surface area contributed by atoms with E-state index in [1.165, 1.54) is 0 Å². The fourth-order valence-electron chi connectivity index (χ4n) is 3.12. The Kier molecular flexibility index (Phi) is 3.80. The molecule has 3 rings (SSSR count). The highest BCUT2D eigenvalue weighted by Gasteiger charge is 2.37. The van der Waals surface area contributed by atoms with E-state index in [0.29, 0.717) is 31.9 Å². The van der Waals surface area contributed by atoms with Crippen LogP contribution in [0.4, 0.5) is 5.95 Å². The van der Waals surface area contributed by atoms with Gasteiger partial charge in [-0.2, -0.15) is 0 Å². The summed E-state index contributed by atoms with van der Waals surface area (Å²) in [5.41, 5.74) is -0.630. The van der Waals surface area contributed by atoms with Crippen LogP contribution in [0.1, 0.15) is 32.6 Å². The highest BCUT2D eigenvalue weighted by Crippen LogP contribution is 2.26. The SMILES string of the molecule is CC1(O)CCN(C(=O)C2CCCN2c2ncccn2)CC1. The van der Waals surface area contributed by atoms with Crippen molar-refractivity contribution in [3.63, 3.8) is 0 Å². The molecule has 0 bridgehead atoms. The number of aromatic nitrogens is 2. The molecule has 2 aliphatic rings. The summed E-state index contributed by atoms with van der Waals surface area (Å²) in [6.45, 7) is 3.93. The summed E-state index contributed by atoms with van der Waals surface area (Å²) in [7, 11) is 0. The minimum Gasteiger partial charge on any atom is -0.390 e. The Bertz CT molecular complexity index is 496. The summed E-state index contributed by atoms with van der Waals surface area (Å²) in [5, 5.41) is 10.0. The zero-order valence-electron chi connectivity index (χ0n) is 12.4. The van der Waals surface area contributed by atoms with E-state index in [2.05, 4.69) is 9.97 Å². The molecule has 6 heteroatoms. The first-order valence-electron chi connectivity index (χ1n) is 7.62. The molecule has 6 nitrogen and oxygen atoms in total. The van der Waals surface area contributed by atoms with Crippen LogP contribution in [0.25, 0.3) is 0 Å². The predicted molar refractivity (Wildman–Crippen MR) is 78.8 cm³/mol. The number of hydrogen-bond donors (Lipinski definition) is 1. The van der Waals surface area contributed by atoms with Crippen molar-refractivity contribution >= 4 is 11.9 Å². The van der Waals surface area contributed by atoms with Gasteiger partial charge in [-0.15, -0.1) is 0 Å². The number of carbonyl (C=O) groups excluding carboxylic acids is 1. The Labute approximate surface area is 124 Å². The molecule has 3 heterocycles. The van der Waals surface area contributed by atoms with E-state index >= 15 is 0 Å². The molecular weight excluding hydrogens is 268 g/mol. The molecule has 0 aliphatic carbocycles. The summed E-state index contributed by atoms with van der Waals surface area (Å²) >= 11 is 0. The van der Waals surface area contributed by atoms with Crippen LogP contribution in [0.15, 0.2) is 18.5 Å². The first-order chi connectivity index (χ1) is 10.1. The van der Waals surface area contributed by atoms with Crippen molar-refractivity contribution in [2.75, 3.05) is 24.5 Å². The third-order valence-corrected chi connectivity index (χ3v) is 4.50. The molecule has 114 valence electrons. The normalized spacial score (nSPS) is 25.1. The van der Waals surface area contributed by atoms with Crippen LogP contribution in [0.5, 0.6) is 0 Å². The van der Waals surface area contributed by atoms with Gasteiger partial charge in [-0.05, 0) is 38.7 Å². The lowest BCUT2D eigenvalue weighted by molar-refractivity contribution is -0.136. The fraction of sp³-hybridized carbons (Fsp3) is 0.667. The highest BCUT2D eigenvalue weighted by molar-refractivity contribution is 5.85. The molecule has 2 aliphatic heterocycles. The van der Waals surface area contributed by atoms with Gasteiger partial charge in [-0.1, -0.05) is 0 Å². The van der Waals surface area contributed by atoms with E-state index in [0.717, 1.165) is 19.4 Å². The minimum absolute atomic E-state index is 0.149. The van der Waals surface area contributed by atoms with E-state index in [1.807, 2.05) is 16.7 Å². The number of aliphatic hydroxyl groups is 1. The molecule has 1 unspecified atom stereocenters. The zero-order valence-corrected chi connectivity index (χ0v) is 12.4. The Balaban J connectivity index is 1.69. The molecule has 1 atom stereocenters. The average molecular weight is 290 g/mol. The molecule has 2 saturated heterocycles. The topological polar surface area (TPSA) is 69.6 Å². The fourth-order valence-corrected chi connectivity index (χ4v) is 3.12. The molecule has 21 heavy (non-hydrogen) atoms. The number of likely N-dealkylation sites (tertiary alicyclic amines) is 1. The third kappa shape index (κ3) is 3.00. The van der Waals surface area contributed by atoms with Crippen molar-refractivity contribution in [1.82, 2.24) is 14.9 Å². The van der Waals surface area contributed by atoms with Gasteiger partial charge in [-0.25, -0.2) is 9.97 Å². The summed E-state index contributed by atoms with van der Waals surface area (Å²) in [6.07, 6.45) is 6.55. The largest absolute Gasteiger partial charge is 0.390 e. The number of carbonyl (C=O) groups is 1. The van der Waals surface area contributed by atoms with Crippen LogP contribution in [0.3, 0.4) is 0 Å². The highest BCUT2D eigenvalue weighted by atomic mass is 16.3. The van der Waals surface area contributed by atoms with Gasteiger partial charge in [0, 0.05) is 32.0 Å². The number of anilines is 1. The van der Waals surface area contributed by atoms with E-state index in [4.69, 9.17) is 0 Å². The van der Waals surface area contributed by atoms with Crippen LogP contribution in [0.2, 0.25) is 0 Å². The van der Waals surface area contributed by atoms with Crippen molar-refractivity contribution in [3.8, 4) is 0 Å². The van der Waals surface area contributed by atoms with Crippen molar-refractivity contribution in [2.24, 2.45) is 0 Å². The molecule has 1 aromatic heterocycles. The van der Waals surface area contributed by atoms with Gasteiger partial charge < -0.3 is 14.9 Å². The number of hydrogen-bond acceptors (Lipinski definition) is 5. The molecule has 0 saturated carbocycles. The number of piperidine rings is 1. The maximum absolute atomic E-state index is 12.7. The lowest BCUT2D eigenvalue weighted by Crippen LogP contribution is -2.51. The number of amides is 1. The van der Waals surface area contributed by atoms with Gasteiger partial charge >= 0.3 is 0 Å². The van der Waals surface area contributed by atoms with Crippen molar-refractivity contribution in [3.05, 3.63) is 18.5 Å². The van der Waals surface area contributed by atoms with Gasteiger partial charge in [0.1, 0.15) is 6.04 Å². The number of nitrogens with zero attached hydrogens (tertiary/aromatic N) is 4. The van der Waals surface area contributed by atoms with Crippen LogP contribution in [-0.2, 0) is 4.79 Å². The summed E-state index contributed by atoms with van der Waals surface area (Å²) in [4.78, 5) is 25.2. The Morgan fingerprint density at radius 1 is 1.29 bits per heavy atom. The van der Waals surface area contributed by atoms with Crippen molar-refractivity contribution < 1.29 is 9.90 Å². The molecule has 1 N–H and O–H groups in total. The quantitative estimate of drug-likeness (QED) is 0.873. The van der Waals surface area contributed by atoms with Crippen molar-refractivity contribution in [1.29, 1.82) is 0 Å². The standard InChI is InChI=1S/C15H22N4O2/c1-15(21)5-10-18(11-6-15)13(20)12-4-2-9-19(12)14-16-7-3-8-17-14/h3,7-8,12,21H,2,4-6,9-11H2,1H3. The zero-order chi connectivity index (χ0) is 14.9. The minimum atomic E-state index is -0.630. The summed E-state index contributed by atoms with van der Waals surface area (Å²) in [5.74, 6) is 0.785. The predicted octanol–water partition coefficient (Wildman–Crippen LogP) is 0.819. The Hall–Kier alpha value is -1.69. The second-order valence-electron chi connectivity index (χ2n) is 6.22. The van der Waals surface area contributed by atoms with Gasteiger partial charge in [0.05, 0.1) is 5.60 Å². The second-order valence-corrected chi connectivity index (χ2v) is 6.22. The lowest BCUT2D eigenvalue weighted by atomic mass is 9.93. The molecule has 0 radical (unpaired) electrons. The van der Waals surface area contributed by atoms with Gasteiger partial charge in [-0.3, -0.25) is 4.79 Å². The molecule has 2 fully saturated rings. The van der Waals surface area contributed by atoms with Crippen LogP contribution >= 0.6 is 0 Å². The molecule has 0 aromatic carbocycles. The van der Waals surface area contributed by atoms with Gasteiger partial charge in [0.25, 0.3) is 0 Å². The molecule has 0 spiro atoms. The molecular formula is C15H22N4O2. The second kappa shape index (κ2) is 5.60. The smallest absolute Gasteiger partial charge is 0.245 e. The van der Waals surface area contributed by atoms with Gasteiger partial charge in [0.2, 0.25) is 11.9 Å². The maximum Gasteiger partial charge on any atom is 0.245 e. The van der Waals surface area contributed by atoms with E-state index in [-0.39, 0.29) is 11.9 Å². The van der Waals surface area contributed by atoms with Crippen molar-refractivity contribution in [2.45, 2.75) is 44.2 Å². The Morgan fingerprint density at radius 3 is 2.62 bits per heavy atom. The van der Waals surface area contributed by atoms with Crippen LogP contribution in [0, 0.1) is 0 Å². The van der Waals surface area contributed by atoms with Gasteiger partial charge in [0.15, 0.2) is 0 Å². The van der Waals surface area contributed by atoms with Crippen LogP contribution in [-0.4, -0.2) is 57.2 Å². The first-order valence-corrected chi connectivity index (χ1v) is 7.62. The first kappa shape index (κ1) is 14.3. The number of rotatable bonds is 2. The van der Waals surface area contributed by atoms with E-state index in [1.54, 1.807) is 18.5 Å². The van der Waals surface area contributed by atoms with E-state index in [9.17, 15) is 9.90 Å². The van der Waals surface area contributed by atoms with E-state index < -0.39 is 5.60 Å². The summed E-state index contributed by atoms with van der Waals surface area (Å²) in [6, 6.07) is 1.62. The Morgan fingerprint density at radius 2 is 1.95 bits per heavy atom. The monoisotopic (exact) mass is 290 g/mol. The molecule has 1 amide bonds. The average Bonchev–Trinajstić information content (AvgIpc) is 2.97. The lowest BCUT2D eigenvalue weighted by Gasteiger charge is -2.38. The third-order valence-electron chi connectivity index (χ3n) is 4.50. The molecule has 1 aromatic rings. The maximum atomic E-state index is 12.7. The van der Waals surface area contributed by atoms with Crippen LogP contribution < -0.4 is 4.90 Å². The summed E-state index contributed by atoms with van der Waals surface area (Å²) < 4.78 is 0.